The third kappa shape index (κ3) is 20.9. The molecule has 274 valence electrons. The van der Waals surface area contributed by atoms with Crippen molar-refractivity contribution in [2.75, 3.05) is 13.2 Å². The number of aliphatic hydroxyl groups excluding tert-OH is 5. The van der Waals surface area contributed by atoms with Gasteiger partial charge in [0.25, 0.3) is 0 Å². The molecular formula is C39H65NO8. The Labute approximate surface area is 289 Å². The van der Waals surface area contributed by atoms with Crippen molar-refractivity contribution in [2.24, 2.45) is 0 Å². The Morgan fingerprint density at radius 2 is 1.31 bits per heavy atom. The van der Waals surface area contributed by atoms with Gasteiger partial charge in [-0.3, -0.25) is 4.79 Å². The average molecular weight is 676 g/mol. The summed E-state index contributed by atoms with van der Waals surface area (Å²) in [5.74, 6) is -0.220. The number of nitrogens with one attached hydrogen (secondary N) is 1. The van der Waals surface area contributed by atoms with Crippen LogP contribution in [0.25, 0.3) is 0 Å². The van der Waals surface area contributed by atoms with Crippen LogP contribution in [0.1, 0.15) is 110 Å². The molecule has 1 amide bonds. The first kappa shape index (κ1) is 43.7. The molecular weight excluding hydrogens is 610 g/mol. The molecule has 1 aliphatic heterocycles. The van der Waals surface area contributed by atoms with Gasteiger partial charge in [0, 0.05) is 6.42 Å². The topological polar surface area (TPSA) is 149 Å². The van der Waals surface area contributed by atoms with Gasteiger partial charge in [0.15, 0.2) is 6.29 Å². The molecule has 0 bridgehead atoms. The highest BCUT2D eigenvalue weighted by atomic mass is 16.7. The van der Waals surface area contributed by atoms with Gasteiger partial charge in [0.05, 0.1) is 25.4 Å². The third-order valence-electron chi connectivity index (χ3n) is 8.01. The van der Waals surface area contributed by atoms with Gasteiger partial charge in [0.1, 0.15) is 24.4 Å². The van der Waals surface area contributed by atoms with Crippen molar-refractivity contribution in [3.8, 4) is 0 Å². The van der Waals surface area contributed by atoms with Crippen LogP contribution in [0.5, 0.6) is 0 Å². The summed E-state index contributed by atoms with van der Waals surface area (Å²) in [5, 5.41) is 53.6. The molecule has 1 aliphatic rings. The van der Waals surface area contributed by atoms with Gasteiger partial charge in [-0.2, -0.15) is 0 Å². The zero-order valence-electron chi connectivity index (χ0n) is 29.5. The number of amides is 1. The standard InChI is InChI=1S/C39H65NO8/c1-3-5-7-9-11-13-14-15-16-17-18-19-20-21-23-25-27-29-35(43)40-32(33(42)28-26-24-22-12-10-8-6-4-2)31-47-39-38(46)37(45)36(44)34(30-41)48-39/h5,7,10-13,15-16,18-19,26,28,32-34,36-39,41-42,44-46H,3-4,6,8-9,14,17,20-25,27,29-31H2,1-2H3,(H,40,43)/b7-5-,12-10+,13-11-,16-15-,19-18-,28-26+. The Bertz CT molecular complexity index is 973. The molecule has 0 saturated carbocycles. The van der Waals surface area contributed by atoms with E-state index in [4.69, 9.17) is 9.47 Å². The highest BCUT2D eigenvalue weighted by Crippen LogP contribution is 2.22. The van der Waals surface area contributed by atoms with E-state index in [9.17, 15) is 30.3 Å². The molecule has 0 aliphatic carbocycles. The van der Waals surface area contributed by atoms with Crippen LogP contribution in [0.3, 0.4) is 0 Å². The first-order chi connectivity index (χ1) is 23.3. The number of hydrogen-bond acceptors (Lipinski definition) is 8. The number of carbonyl (C=O) groups is 1. The molecule has 7 unspecified atom stereocenters. The monoisotopic (exact) mass is 675 g/mol. The van der Waals surface area contributed by atoms with Crippen molar-refractivity contribution >= 4 is 5.91 Å². The lowest BCUT2D eigenvalue weighted by Crippen LogP contribution is -2.60. The summed E-state index contributed by atoms with van der Waals surface area (Å²) in [6.45, 7) is 3.50. The summed E-state index contributed by atoms with van der Waals surface area (Å²) in [7, 11) is 0. The SMILES string of the molecule is CC/C=C\C/C=C\C/C=C\C/C=C\CCCCCCC(=O)NC(COC1OC(CO)C(O)C(O)C1O)C(O)/C=C/CC/C=C/CCCC. The molecule has 0 aromatic carbocycles. The van der Waals surface area contributed by atoms with E-state index >= 15 is 0 Å². The lowest BCUT2D eigenvalue weighted by Gasteiger charge is -2.40. The van der Waals surface area contributed by atoms with Crippen molar-refractivity contribution in [1.29, 1.82) is 0 Å². The number of unbranched alkanes of at least 4 members (excludes halogenated alkanes) is 7. The fourth-order valence-corrected chi connectivity index (χ4v) is 5.03. The maximum Gasteiger partial charge on any atom is 0.220 e. The van der Waals surface area contributed by atoms with E-state index in [-0.39, 0.29) is 12.5 Å². The Hall–Kier alpha value is -2.37. The zero-order chi connectivity index (χ0) is 35.2. The van der Waals surface area contributed by atoms with Crippen LogP contribution in [-0.4, -0.2) is 87.5 Å². The number of allylic oxidation sites excluding steroid dienone is 11. The van der Waals surface area contributed by atoms with Crippen molar-refractivity contribution in [3.63, 3.8) is 0 Å². The first-order valence-electron chi connectivity index (χ1n) is 18.2. The predicted octanol–water partition coefficient (Wildman–Crippen LogP) is 5.88. The van der Waals surface area contributed by atoms with Gasteiger partial charge in [-0.1, -0.05) is 112 Å². The molecule has 48 heavy (non-hydrogen) atoms. The fourth-order valence-electron chi connectivity index (χ4n) is 5.03. The molecule has 1 rings (SSSR count). The van der Waals surface area contributed by atoms with Crippen LogP contribution >= 0.6 is 0 Å². The van der Waals surface area contributed by atoms with E-state index in [2.05, 4.69) is 79.9 Å². The lowest BCUT2D eigenvalue weighted by atomic mass is 9.99. The predicted molar refractivity (Wildman–Crippen MR) is 193 cm³/mol. The van der Waals surface area contributed by atoms with E-state index in [0.29, 0.717) is 6.42 Å². The second kappa shape index (κ2) is 29.5. The van der Waals surface area contributed by atoms with Crippen molar-refractivity contribution in [1.82, 2.24) is 5.32 Å². The summed E-state index contributed by atoms with van der Waals surface area (Å²) in [6, 6.07) is -0.834. The quantitative estimate of drug-likeness (QED) is 0.0468. The summed E-state index contributed by atoms with van der Waals surface area (Å²) in [4.78, 5) is 12.8. The van der Waals surface area contributed by atoms with Crippen LogP contribution in [0.15, 0.2) is 72.9 Å². The minimum Gasteiger partial charge on any atom is -0.394 e. The van der Waals surface area contributed by atoms with Gasteiger partial charge in [-0.25, -0.2) is 0 Å². The molecule has 0 radical (unpaired) electrons. The second-order valence-corrected chi connectivity index (χ2v) is 12.3. The minimum atomic E-state index is -1.58. The van der Waals surface area contributed by atoms with E-state index in [1.54, 1.807) is 6.08 Å². The summed E-state index contributed by atoms with van der Waals surface area (Å²) < 4.78 is 11.1. The average Bonchev–Trinajstić information content (AvgIpc) is 3.08. The second-order valence-electron chi connectivity index (χ2n) is 12.3. The van der Waals surface area contributed by atoms with E-state index < -0.39 is 49.5 Å². The number of hydrogen-bond donors (Lipinski definition) is 6. The summed E-state index contributed by atoms with van der Waals surface area (Å²) in [5.41, 5.74) is 0. The largest absolute Gasteiger partial charge is 0.394 e. The van der Waals surface area contributed by atoms with E-state index in [1.807, 2.05) is 6.08 Å². The Balaban J connectivity index is 2.47. The number of rotatable bonds is 27. The Morgan fingerprint density at radius 3 is 1.98 bits per heavy atom. The molecule has 0 aromatic rings. The minimum absolute atomic E-state index is 0.217. The molecule has 1 heterocycles. The highest BCUT2D eigenvalue weighted by Gasteiger charge is 2.44. The third-order valence-corrected chi connectivity index (χ3v) is 8.01. The molecule has 1 saturated heterocycles. The van der Waals surface area contributed by atoms with Gasteiger partial charge in [-0.05, 0) is 64.2 Å². The van der Waals surface area contributed by atoms with Crippen LogP contribution in [0.4, 0.5) is 0 Å². The van der Waals surface area contributed by atoms with Gasteiger partial charge in [-0.15, -0.1) is 0 Å². The van der Waals surface area contributed by atoms with Crippen molar-refractivity contribution in [2.45, 2.75) is 153 Å². The van der Waals surface area contributed by atoms with Crippen LogP contribution in [0.2, 0.25) is 0 Å². The molecule has 9 nitrogen and oxygen atoms in total. The number of aliphatic hydroxyl groups is 5. The number of carbonyl (C=O) groups excluding carboxylic acids is 1. The Morgan fingerprint density at radius 1 is 0.729 bits per heavy atom. The molecule has 0 aromatic heterocycles. The van der Waals surface area contributed by atoms with Crippen LogP contribution < -0.4 is 5.32 Å². The smallest absolute Gasteiger partial charge is 0.220 e. The Kier molecular flexibility index (Phi) is 26.9. The maximum atomic E-state index is 12.8. The van der Waals surface area contributed by atoms with E-state index in [1.165, 1.54) is 0 Å². The molecule has 9 heteroatoms. The molecule has 6 N–H and O–H groups in total. The molecule has 7 atom stereocenters. The van der Waals surface area contributed by atoms with Crippen molar-refractivity contribution in [3.05, 3.63) is 72.9 Å². The lowest BCUT2D eigenvalue weighted by molar-refractivity contribution is -0.302. The fraction of sp³-hybridized carbons (Fsp3) is 0.667. The highest BCUT2D eigenvalue weighted by molar-refractivity contribution is 5.76. The zero-order valence-corrected chi connectivity index (χ0v) is 29.5. The molecule has 1 fully saturated rings. The summed E-state index contributed by atoms with van der Waals surface area (Å²) in [6.07, 6.45) is 31.0. The summed E-state index contributed by atoms with van der Waals surface area (Å²) >= 11 is 0. The van der Waals surface area contributed by atoms with Crippen LogP contribution in [0, 0.1) is 0 Å². The normalized spacial score (nSPS) is 23.5. The number of ether oxygens (including phenoxy) is 2. The van der Waals surface area contributed by atoms with Crippen LogP contribution in [-0.2, 0) is 14.3 Å². The molecule has 0 spiro atoms. The van der Waals surface area contributed by atoms with Gasteiger partial charge < -0.3 is 40.3 Å². The maximum absolute atomic E-state index is 12.8. The van der Waals surface area contributed by atoms with Gasteiger partial charge >= 0.3 is 0 Å². The van der Waals surface area contributed by atoms with Gasteiger partial charge in [0.2, 0.25) is 5.91 Å². The van der Waals surface area contributed by atoms with Crippen molar-refractivity contribution < 1.29 is 39.8 Å². The first-order valence-corrected chi connectivity index (χ1v) is 18.2. The van der Waals surface area contributed by atoms with E-state index in [0.717, 1.165) is 89.9 Å².